The molecule has 0 aromatic carbocycles. The van der Waals surface area contributed by atoms with Crippen molar-refractivity contribution in [2.75, 3.05) is 0 Å². The molecule has 10 nitrogen and oxygen atoms in total. The van der Waals surface area contributed by atoms with Gasteiger partial charge >= 0.3 is 37.7 Å². The van der Waals surface area contributed by atoms with E-state index in [2.05, 4.69) is 0 Å². The van der Waals surface area contributed by atoms with Crippen molar-refractivity contribution in [3.8, 4) is 0 Å². The van der Waals surface area contributed by atoms with E-state index in [1.165, 1.54) is 0 Å². The second kappa shape index (κ2) is 12.1. The van der Waals surface area contributed by atoms with Crippen molar-refractivity contribution in [2.45, 2.75) is 25.0 Å². The zero-order chi connectivity index (χ0) is 14.9. The van der Waals surface area contributed by atoms with Crippen molar-refractivity contribution in [3.63, 3.8) is 0 Å². The summed E-state index contributed by atoms with van der Waals surface area (Å²) < 4.78 is 0. The van der Waals surface area contributed by atoms with Gasteiger partial charge in [0, 0.05) is 24.8 Å². The quantitative estimate of drug-likeness (QED) is 0.443. The van der Waals surface area contributed by atoms with Crippen molar-refractivity contribution < 1.29 is 49.8 Å². The van der Waals surface area contributed by atoms with Gasteiger partial charge in [-0.05, 0) is 0 Å². The third-order valence-electron chi connectivity index (χ3n) is 1.26. The van der Waals surface area contributed by atoms with Gasteiger partial charge in [-0.3, -0.25) is 0 Å². The Bertz CT molecular complexity index is 295. The topological polar surface area (TPSA) is 201 Å². The van der Waals surface area contributed by atoms with Crippen LogP contribution in [0.2, 0.25) is 0 Å². The molecule has 19 heavy (non-hydrogen) atoms. The number of hydrogen-bond acceptors (Lipinski definition) is 10. The zero-order valence-corrected chi connectivity index (χ0v) is 11.6. The number of carboxylic acids is 4. The van der Waals surface area contributed by atoms with Gasteiger partial charge in [0.05, 0.1) is 24.1 Å². The van der Waals surface area contributed by atoms with E-state index >= 15 is 0 Å². The fourth-order valence-corrected chi connectivity index (χ4v) is 0.482. The molecule has 2 N–H and O–H groups in total. The van der Waals surface area contributed by atoms with Crippen LogP contribution in [0.15, 0.2) is 0 Å². The minimum Gasteiger partial charge on any atom is -0.550 e. The van der Waals surface area contributed by atoms with Crippen molar-refractivity contribution >= 4 is 61.6 Å². The number of carbonyl (C=O) groups excluding carboxylic acids is 4. The van der Waals surface area contributed by atoms with Crippen molar-refractivity contribution in [1.82, 2.24) is 0 Å². The molecule has 2 unspecified atom stereocenters. The molecule has 0 spiro atoms. The SMILES string of the molecule is O=C([O-])CC(O)C(=O)[O-].O=C([O-])CC(O)C(=O)[O-].[Ca+2]. The van der Waals surface area contributed by atoms with E-state index in [0.717, 1.165) is 0 Å². The van der Waals surface area contributed by atoms with Crippen LogP contribution in [0.3, 0.4) is 0 Å². The maximum Gasteiger partial charge on any atom is 2.00 e. The Morgan fingerprint density at radius 3 is 1.00 bits per heavy atom. The molecular weight excluding hydrogens is 296 g/mol. The van der Waals surface area contributed by atoms with Crippen molar-refractivity contribution in [3.05, 3.63) is 0 Å². The molecule has 11 heteroatoms. The van der Waals surface area contributed by atoms with Crippen LogP contribution in [-0.2, 0) is 19.2 Å². The van der Waals surface area contributed by atoms with E-state index in [4.69, 9.17) is 10.2 Å². The minimum absolute atomic E-state index is 0. The van der Waals surface area contributed by atoms with E-state index in [0.29, 0.717) is 0 Å². The number of carbonyl (C=O) groups is 4. The summed E-state index contributed by atoms with van der Waals surface area (Å²) >= 11 is 0. The molecule has 0 aliphatic rings. The van der Waals surface area contributed by atoms with E-state index in [1.54, 1.807) is 0 Å². The van der Waals surface area contributed by atoms with Crippen LogP contribution in [0.1, 0.15) is 12.8 Å². The average molecular weight is 304 g/mol. The fraction of sp³-hybridized carbons (Fsp3) is 0.500. The zero-order valence-electron chi connectivity index (χ0n) is 9.44. The van der Waals surface area contributed by atoms with Crippen LogP contribution in [0.25, 0.3) is 0 Å². The molecule has 0 aromatic heterocycles. The summed E-state index contributed by atoms with van der Waals surface area (Å²) in [5.41, 5.74) is 0. The van der Waals surface area contributed by atoms with Gasteiger partial charge in [0.25, 0.3) is 0 Å². The van der Waals surface area contributed by atoms with E-state index < -0.39 is 48.9 Å². The first-order chi connectivity index (χ1) is 8.07. The molecule has 104 valence electrons. The molecule has 0 amide bonds. The van der Waals surface area contributed by atoms with Crippen LogP contribution in [0.4, 0.5) is 0 Å². The van der Waals surface area contributed by atoms with Crippen LogP contribution < -0.4 is 20.4 Å². The Kier molecular flexibility index (Phi) is 14.8. The third-order valence-corrected chi connectivity index (χ3v) is 1.26. The molecule has 0 saturated heterocycles. The van der Waals surface area contributed by atoms with Gasteiger partial charge in [0.1, 0.15) is 0 Å². The molecule has 0 saturated carbocycles. The van der Waals surface area contributed by atoms with Gasteiger partial charge < -0.3 is 49.8 Å². The molecule has 0 aliphatic carbocycles. The number of aliphatic hydroxyl groups is 2. The van der Waals surface area contributed by atoms with Crippen LogP contribution in [0, 0.1) is 0 Å². The Morgan fingerprint density at radius 1 is 0.737 bits per heavy atom. The number of aliphatic carboxylic acids is 4. The van der Waals surface area contributed by atoms with E-state index in [1.807, 2.05) is 0 Å². The maximum atomic E-state index is 9.58. The van der Waals surface area contributed by atoms with Gasteiger partial charge in [0.15, 0.2) is 0 Å². The molecule has 0 rings (SSSR count). The smallest absolute Gasteiger partial charge is 0.550 e. The summed E-state index contributed by atoms with van der Waals surface area (Å²) in [6.07, 6.45) is -5.78. The van der Waals surface area contributed by atoms with Gasteiger partial charge in [0.2, 0.25) is 0 Å². The number of carboxylic acid groups (broad SMARTS) is 4. The van der Waals surface area contributed by atoms with E-state index in [9.17, 15) is 39.6 Å². The van der Waals surface area contributed by atoms with Crippen molar-refractivity contribution in [2.24, 2.45) is 0 Å². The number of aliphatic hydroxyl groups excluding tert-OH is 2. The largest absolute Gasteiger partial charge is 2.00 e. The third kappa shape index (κ3) is 17.1. The van der Waals surface area contributed by atoms with E-state index in [-0.39, 0.29) is 37.7 Å². The predicted octanol–water partition coefficient (Wildman–Crippen LogP) is -7.91. The Morgan fingerprint density at radius 2 is 0.947 bits per heavy atom. The Hall–Kier alpha value is -0.940. The number of hydrogen-bond donors (Lipinski definition) is 2. The fourth-order valence-electron chi connectivity index (χ4n) is 0.482. The van der Waals surface area contributed by atoms with Gasteiger partial charge in [-0.25, -0.2) is 0 Å². The molecule has 0 heterocycles. The molecular formula is C8H8CaO10-2. The molecule has 0 bridgehead atoms. The summed E-state index contributed by atoms with van der Waals surface area (Å²) in [6, 6.07) is 0. The van der Waals surface area contributed by atoms with Gasteiger partial charge in [-0.1, -0.05) is 0 Å². The summed E-state index contributed by atoms with van der Waals surface area (Å²) in [6.45, 7) is 0. The molecule has 0 radical (unpaired) electrons. The summed E-state index contributed by atoms with van der Waals surface area (Å²) in [5, 5.41) is 54.7. The first-order valence-electron chi connectivity index (χ1n) is 4.25. The molecule has 2 atom stereocenters. The molecule has 0 fully saturated rings. The van der Waals surface area contributed by atoms with Crippen LogP contribution in [-0.4, -0.2) is 84.0 Å². The Labute approximate surface area is 136 Å². The van der Waals surface area contributed by atoms with Crippen LogP contribution >= 0.6 is 0 Å². The first kappa shape index (κ1) is 23.2. The molecule has 0 aromatic rings. The number of rotatable bonds is 6. The average Bonchev–Trinajstić information content (AvgIpc) is 2.16. The standard InChI is InChI=1S/2C4H6O5.Ca/c2*5-2(4(8)9)1-3(6)7;/h2*2,5H,1H2,(H,6,7)(H,8,9);/q;;+2/p-4. The predicted molar refractivity (Wildman–Crippen MR) is 47.0 cm³/mol. The van der Waals surface area contributed by atoms with Crippen LogP contribution in [0.5, 0.6) is 0 Å². The Balaban J connectivity index is -0.000000256. The summed E-state index contributed by atoms with van der Waals surface area (Å²) in [5.74, 6) is -6.85. The van der Waals surface area contributed by atoms with Crippen molar-refractivity contribution in [1.29, 1.82) is 0 Å². The second-order valence-electron chi connectivity index (χ2n) is 2.82. The summed E-state index contributed by atoms with van der Waals surface area (Å²) in [4.78, 5) is 38.3. The minimum atomic E-state index is -1.96. The maximum absolute atomic E-state index is 9.58. The van der Waals surface area contributed by atoms with Gasteiger partial charge in [-0.15, -0.1) is 0 Å². The molecule has 0 aliphatic heterocycles. The van der Waals surface area contributed by atoms with Gasteiger partial charge in [-0.2, -0.15) is 0 Å². The monoisotopic (exact) mass is 304 g/mol. The summed E-state index contributed by atoms with van der Waals surface area (Å²) in [7, 11) is 0. The first-order valence-corrected chi connectivity index (χ1v) is 4.25. The second-order valence-corrected chi connectivity index (χ2v) is 2.82. The normalized spacial score (nSPS) is 11.9.